The Morgan fingerprint density at radius 1 is 1.45 bits per heavy atom. The lowest BCUT2D eigenvalue weighted by molar-refractivity contribution is -0.145. The Labute approximate surface area is 121 Å². The minimum absolute atomic E-state index is 0.141. The van der Waals surface area contributed by atoms with Crippen LogP contribution >= 0.6 is 11.6 Å². The molecule has 2 rings (SSSR count). The highest BCUT2D eigenvalue weighted by molar-refractivity contribution is 6.31. The van der Waals surface area contributed by atoms with E-state index in [1.807, 2.05) is 0 Å². The van der Waals surface area contributed by atoms with Gasteiger partial charge in [-0.15, -0.1) is 0 Å². The first kappa shape index (κ1) is 14.8. The zero-order valence-corrected chi connectivity index (χ0v) is 11.6. The van der Waals surface area contributed by atoms with Crippen LogP contribution in [0.2, 0.25) is 5.02 Å². The lowest BCUT2D eigenvalue weighted by Gasteiger charge is -2.30. The van der Waals surface area contributed by atoms with Crippen molar-refractivity contribution in [1.82, 2.24) is 4.90 Å². The maximum atomic E-state index is 13.6. The van der Waals surface area contributed by atoms with Crippen LogP contribution in [0.3, 0.4) is 0 Å². The highest BCUT2D eigenvalue weighted by Gasteiger charge is 2.28. The number of benzene rings is 1. The van der Waals surface area contributed by atoms with E-state index in [4.69, 9.17) is 16.7 Å². The summed E-state index contributed by atoms with van der Waals surface area (Å²) in [7, 11) is 0. The van der Waals surface area contributed by atoms with Crippen molar-refractivity contribution < 1.29 is 19.1 Å². The highest BCUT2D eigenvalue weighted by atomic mass is 35.5. The first-order valence-electron chi connectivity index (χ1n) is 6.42. The van der Waals surface area contributed by atoms with Crippen molar-refractivity contribution in [2.24, 2.45) is 5.92 Å². The Hall–Kier alpha value is -1.62. The van der Waals surface area contributed by atoms with Crippen LogP contribution in [0.5, 0.6) is 0 Å². The van der Waals surface area contributed by atoms with Gasteiger partial charge < -0.3 is 10.0 Å². The number of carbonyl (C=O) groups excluding carboxylic acids is 1. The summed E-state index contributed by atoms with van der Waals surface area (Å²) in [6, 6.07) is 4.27. The number of carboxylic acid groups (broad SMARTS) is 1. The van der Waals surface area contributed by atoms with Crippen molar-refractivity contribution in [1.29, 1.82) is 0 Å². The maximum Gasteiger partial charge on any atom is 0.308 e. The third-order valence-corrected chi connectivity index (χ3v) is 3.87. The van der Waals surface area contributed by atoms with Gasteiger partial charge in [0.2, 0.25) is 5.91 Å². The van der Waals surface area contributed by atoms with Crippen LogP contribution in [0.15, 0.2) is 18.2 Å². The number of rotatable bonds is 3. The molecule has 0 aromatic heterocycles. The molecule has 6 heteroatoms. The van der Waals surface area contributed by atoms with Gasteiger partial charge in [0.25, 0.3) is 0 Å². The standard InChI is InChI=1S/C14H15ClFNO3/c15-11-4-1-5-12(16)10(11)7-13(18)17-6-2-3-9(8-17)14(19)20/h1,4-5,9H,2-3,6-8H2,(H,19,20)/t9-/m0/s1. The Bertz CT molecular complexity index is 515. The fraction of sp³-hybridized carbons (Fsp3) is 0.429. The number of hydrogen-bond acceptors (Lipinski definition) is 2. The van der Waals surface area contributed by atoms with Crippen LogP contribution in [-0.2, 0) is 16.0 Å². The van der Waals surface area contributed by atoms with Crippen LogP contribution in [-0.4, -0.2) is 35.0 Å². The highest BCUT2D eigenvalue weighted by Crippen LogP contribution is 2.22. The fourth-order valence-electron chi connectivity index (χ4n) is 2.37. The van der Waals surface area contributed by atoms with Crippen molar-refractivity contribution >= 4 is 23.5 Å². The summed E-state index contributed by atoms with van der Waals surface area (Å²) in [6.07, 6.45) is 1.07. The molecule has 0 saturated carbocycles. The molecule has 0 aliphatic carbocycles. The van der Waals surface area contributed by atoms with Gasteiger partial charge in [-0.3, -0.25) is 9.59 Å². The van der Waals surface area contributed by atoms with E-state index in [0.717, 1.165) is 0 Å². The van der Waals surface area contributed by atoms with Gasteiger partial charge in [-0.25, -0.2) is 4.39 Å². The molecular weight excluding hydrogens is 285 g/mol. The molecule has 0 unspecified atom stereocenters. The van der Waals surface area contributed by atoms with Gasteiger partial charge in [0.1, 0.15) is 5.82 Å². The minimum atomic E-state index is -0.897. The molecule has 0 spiro atoms. The number of amides is 1. The van der Waals surface area contributed by atoms with Crippen LogP contribution in [0.1, 0.15) is 18.4 Å². The van der Waals surface area contributed by atoms with E-state index in [0.29, 0.717) is 19.4 Å². The first-order valence-corrected chi connectivity index (χ1v) is 6.80. The molecule has 1 aliphatic heterocycles. The van der Waals surface area contributed by atoms with Gasteiger partial charge >= 0.3 is 5.97 Å². The molecule has 1 amide bonds. The Kier molecular flexibility index (Phi) is 4.60. The second kappa shape index (κ2) is 6.22. The van der Waals surface area contributed by atoms with Crippen LogP contribution in [0.25, 0.3) is 0 Å². The van der Waals surface area contributed by atoms with Crippen LogP contribution in [0.4, 0.5) is 4.39 Å². The summed E-state index contributed by atoms with van der Waals surface area (Å²) < 4.78 is 13.6. The lowest BCUT2D eigenvalue weighted by Crippen LogP contribution is -2.43. The molecule has 1 heterocycles. The van der Waals surface area contributed by atoms with Crippen molar-refractivity contribution in [2.75, 3.05) is 13.1 Å². The molecule has 20 heavy (non-hydrogen) atoms. The van der Waals surface area contributed by atoms with Gasteiger partial charge in [0.05, 0.1) is 12.3 Å². The van der Waals surface area contributed by atoms with Crippen LogP contribution < -0.4 is 0 Å². The monoisotopic (exact) mass is 299 g/mol. The normalized spacial score (nSPS) is 18.9. The minimum Gasteiger partial charge on any atom is -0.481 e. The van der Waals surface area contributed by atoms with E-state index < -0.39 is 17.7 Å². The molecule has 1 saturated heterocycles. The average Bonchev–Trinajstić information content (AvgIpc) is 2.43. The summed E-state index contributed by atoms with van der Waals surface area (Å²) in [5.41, 5.74) is 0.164. The second-order valence-corrected chi connectivity index (χ2v) is 5.30. The van der Waals surface area contributed by atoms with Crippen molar-refractivity contribution in [3.05, 3.63) is 34.6 Å². The van der Waals surface area contributed by atoms with Crippen molar-refractivity contribution in [3.63, 3.8) is 0 Å². The number of nitrogens with zero attached hydrogens (tertiary/aromatic N) is 1. The molecule has 1 aromatic rings. The largest absolute Gasteiger partial charge is 0.481 e. The van der Waals surface area contributed by atoms with E-state index >= 15 is 0 Å². The summed E-state index contributed by atoms with van der Waals surface area (Å²) in [4.78, 5) is 24.6. The Morgan fingerprint density at radius 2 is 2.20 bits per heavy atom. The predicted octanol–water partition coefficient (Wildman–Crippen LogP) is 2.34. The molecule has 108 valence electrons. The van der Waals surface area contributed by atoms with Crippen molar-refractivity contribution in [3.8, 4) is 0 Å². The number of carboxylic acids is 1. The number of likely N-dealkylation sites (tertiary alicyclic amines) is 1. The van der Waals surface area contributed by atoms with Gasteiger partial charge in [-0.1, -0.05) is 17.7 Å². The zero-order valence-electron chi connectivity index (χ0n) is 10.8. The summed E-state index contributed by atoms with van der Waals surface area (Å²) in [5, 5.41) is 9.21. The van der Waals surface area contributed by atoms with Crippen molar-refractivity contribution in [2.45, 2.75) is 19.3 Å². The predicted molar refractivity (Wildman–Crippen MR) is 72.1 cm³/mol. The summed E-state index contributed by atoms with van der Waals surface area (Å²) in [5.74, 6) is -2.24. The number of halogens is 2. The van der Waals surface area contributed by atoms with E-state index in [-0.39, 0.29) is 29.5 Å². The van der Waals surface area contributed by atoms with E-state index in [1.165, 1.54) is 23.1 Å². The van der Waals surface area contributed by atoms with Gasteiger partial charge in [0, 0.05) is 23.7 Å². The maximum absolute atomic E-state index is 13.6. The summed E-state index contributed by atoms with van der Waals surface area (Å²) in [6.45, 7) is 0.689. The second-order valence-electron chi connectivity index (χ2n) is 4.89. The van der Waals surface area contributed by atoms with E-state index in [9.17, 15) is 14.0 Å². The number of hydrogen-bond donors (Lipinski definition) is 1. The number of piperidine rings is 1. The zero-order chi connectivity index (χ0) is 14.7. The molecule has 4 nitrogen and oxygen atoms in total. The molecule has 1 atom stereocenters. The summed E-state index contributed by atoms with van der Waals surface area (Å²) >= 11 is 5.89. The third-order valence-electron chi connectivity index (χ3n) is 3.51. The van der Waals surface area contributed by atoms with Gasteiger partial charge in [-0.2, -0.15) is 0 Å². The smallest absolute Gasteiger partial charge is 0.308 e. The fourth-order valence-corrected chi connectivity index (χ4v) is 2.60. The quantitative estimate of drug-likeness (QED) is 0.932. The molecular formula is C14H15ClFNO3. The van der Waals surface area contributed by atoms with E-state index in [1.54, 1.807) is 0 Å². The Balaban J connectivity index is 2.06. The molecule has 0 bridgehead atoms. The molecule has 1 aliphatic rings. The number of carbonyl (C=O) groups is 2. The Morgan fingerprint density at radius 3 is 2.85 bits per heavy atom. The van der Waals surface area contributed by atoms with E-state index in [2.05, 4.69) is 0 Å². The van der Waals surface area contributed by atoms with Gasteiger partial charge in [0.15, 0.2) is 0 Å². The average molecular weight is 300 g/mol. The third kappa shape index (κ3) is 3.28. The number of aliphatic carboxylic acids is 1. The first-order chi connectivity index (χ1) is 9.49. The molecule has 1 fully saturated rings. The topological polar surface area (TPSA) is 57.6 Å². The van der Waals surface area contributed by atoms with Gasteiger partial charge in [-0.05, 0) is 25.0 Å². The molecule has 1 aromatic carbocycles. The molecule has 0 radical (unpaired) electrons. The van der Waals surface area contributed by atoms with Crippen LogP contribution in [0, 0.1) is 11.7 Å². The lowest BCUT2D eigenvalue weighted by atomic mass is 9.97. The molecule has 1 N–H and O–H groups in total. The SMILES string of the molecule is O=C(O)[C@H]1CCCN(C(=O)Cc2c(F)cccc2Cl)C1.